The lowest BCUT2D eigenvalue weighted by molar-refractivity contribution is -0.634. The van der Waals surface area contributed by atoms with Gasteiger partial charge in [0, 0.05) is 19.1 Å². The second kappa shape index (κ2) is 4.14. The van der Waals surface area contributed by atoms with E-state index < -0.39 is 0 Å². The van der Waals surface area contributed by atoms with Crippen molar-refractivity contribution in [1.29, 1.82) is 0 Å². The van der Waals surface area contributed by atoms with Crippen LogP contribution in [0.4, 0.5) is 0 Å². The molecule has 0 fully saturated rings. The van der Waals surface area contributed by atoms with Gasteiger partial charge in [-0.05, 0) is 25.0 Å². The Bertz CT molecular complexity index is 666. The summed E-state index contributed by atoms with van der Waals surface area (Å²) in [5.74, 6) is 0. The molecule has 2 aromatic rings. The van der Waals surface area contributed by atoms with Crippen LogP contribution in [0, 0.1) is 31.2 Å². The summed E-state index contributed by atoms with van der Waals surface area (Å²) in [5, 5.41) is 35.5. The van der Waals surface area contributed by atoms with Crippen LogP contribution in [-0.4, -0.2) is 11.4 Å². The van der Waals surface area contributed by atoms with Crippen molar-refractivity contribution in [3.63, 3.8) is 0 Å². The second-order valence-corrected chi connectivity index (χ2v) is 4.23. The molecule has 94 valence electrons. The van der Waals surface area contributed by atoms with E-state index >= 15 is 0 Å². The zero-order valence-electron chi connectivity index (χ0n) is 10.3. The molecule has 0 bridgehead atoms. The Kier molecular flexibility index (Phi) is 2.78. The topological polar surface area (TPSA) is 86.5 Å². The molecule has 0 aliphatic rings. The standard InChI is InChI=1S/C12H13N3O3/c1-7-4-10-11(5-8(7)2)15(18)12(6-13-16)9(3)14(10)17/h4-6,16H,1-3H3/b13-6+. The number of benzene rings is 1. The summed E-state index contributed by atoms with van der Waals surface area (Å²) in [6.45, 7) is 5.25. The zero-order valence-corrected chi connectivity index (χ0v) is 10.3. The number of oxime groups is 1. The Labute approximate surface area is 104 Å². The first-order chi connectivity index (χ1) is 8.47. The molecule has 1 aromatic carbocycles. The first kappa shape index (κ1) is 12.1. The minimum atomic E-state index is 0.0308. The largest absolute Gasteiger partial charge is 0.618 e. The molecular formula is C12H13N3O3. The maximum absolute atomic E-state index is 12.1. The van der Waals surface area contributed by atoms with Crippen molar-refractivity contribution in [3.8, 4) is 0 Å². The Hall–Kier alpha value is -2.37. The molecule has 0 atom stereocenters. The van der Waals surface area contributed by atoms with Crippen LogP contribution < -0.4 is 9.46 Å². The van der Waals surface area contributed by atoms with Crippen LogP contribution in [0.1, 0.15) is 22.5 Å². The minimum absolute atomic E-state index is 0.0308. The summed E-state index contributed by atoms with van der Waals surface area (Å²) in [7, 11) is 0. The molecule has 18 heavy (non-hydrogen) atoms. The normalized spacial score (nSPS) is 11.5. The Balaban J connectivity index is 2.98. The van der Waals surface area contributed by atoms with Gasteiger partial charge in [0.05, 0.1) is 0 Å². The number of rotatable bonds is 1. The van der Waals surface area contributed by atoms with Gasteiger partial charge < -0.3 is 15.6 Å². The van der Waals surface area contributed by atoms with Gasteiger partial charge in [-0.3, -0.25) is 0 Å². The van der Waals surface area contributed by atoms with E-state index in [1.165, 1.54) is 6.92 Å². The SMILES string of the molecule is Cc1cc2c(cc1C)[n+]([O-])c(/C=N/O)c(C)[n+]2[O-]. The summed E-state index contributed by atoms with van der Waals surface area (Å²) in [4.78, 5) is 0. The smallest absolute Gasteiger partial charge is 0.307 e. The molecule has 0 aliphatic carbocycles. The molecule has 0 radical (unpaired) electrons. The summed E-state index contributed by atoms with van der Waals surface area (Å²) in [6.07, 6.45) is 0.964. The van der Waals surface area contributed by atoms with E-state index in [4.69, 9.17) is 5.21 Å². The minimum Gasteiger partial charge on any atom is -0.618 e. The van der Waals surface area contributed by atoms with Crippen LogP contribution in [0.2, 0.25) is 0 Å². The van der Waals surface area contributed by atoms with E-state index in [9.17, 15) is 10.4 Å². The molecule has 6 nitrogen and oxygen atoms in total. The van der Waals surface area contributed by atoms with Crippen molar-refractivity contribution in [3.05, 3.63) is 45.1 Å². The highest BCUT2D eigenvalue weighted by Crippen LogP contribution is 2.14. The number of hydrogen-bond acceptors (Lipinski definition) is 4. The zero-order chi connectivity index (χ0) is 13.4. The molecule has 6 heteroatoms. The van der Waals surface area contributed by atoms with Crippen LogP contribution in [0.15, 0.2) is 17.3 Å². The van der Waals surface area contributed by atoms with Gasteiger partial charge in [0.1, 0.15) is 6.21 Å². The summed E-state index contributed by atoms with van der Waals surface area (Å²) in [6, 6.07) is 3.33. The van der Waals surface area contributed by atoms with Crippen LogP contribution in [0.25, 0.3) is 11.0 Å². The van der Waals surface area contributed by atoms with Gasteiger partial charge in [-0.15, -0.1) is 0 Å². The number of fused-ring (bicyclic) bond motifs is 1. The van der Waals surface area contributed by atoms with Crippen molar-refractivity contribution >= 4 is 17.2 Å². The van der Waals surface area contributed by atoms with Crippen LogP contribution in [0.5, 0.6) is 0 Å². The Morgan fingerprint density at radius 1 is 1.06 bits per heavy atom. The maximum atomic E-state index is 12.1. The van der Waals surface area contributed by atoms with Crippen molar-refractivity contribution in [2.24, 2.45) is 5.16 Å². The quantitative estimate of drug-likeness (QED) is 0.266. The number of aromatic nitrogens is 2. The molecule has 1 heterocycles. The summed E-state index contributed by atoms with van der Waals surface area (Å²) in [5.41, 5.74) is 2.65. The van der Waals surface area contributed by atoms with Crippen molar-refractivity contribution < 1.29 is 14.7 Å². The highest BCUT2D eigenvalue weighted by Gasteiger charge is 2.24. The second-order valence-electron chi connectivity index (χ2n) is 4.23. The molecule has 1 N–H and O–H groups in total. The lowest BCUT2D eigenvalue weighted by Gasteiger charge is -2.10. The van der Waals surface area contributed by atoms with Crippen LogP contribution in [0.3, 0.4) is 0 Å². The fraction of sp³-hybridized carbons (Fsp3) is 0.250. The average Bonchev–Trinajstić information content (AvgIpc) is 2.34. The molecule has 1 aromatic heterocycles. The van der Waals surface area contributed by atoms with E-state index in [-0.39, 0.29) is 16.9 Å². The lowest BCUT2D eigenvalue weighted by Crippen LogP contribution is -2.44. The van der Waals surface area contributed by atoms with E-state index in [1.54, 1.807) is 12.1 Å². The van der Waals surface area contributed by atoms with Gasteiger partial charge in [-0.25, -0.2) is 0 Å². The lowest BCUT2D eigenvalue weighted by atomic mass is 10.1. The number of nitrogens with zero attached hydrogens (tertiary/aromatic N) is 3. The maximum Gasteiger partial charge on any atom is 0.307 e. The molecule has 0 amide bonds. The summed E-state index contributed by atoms with van der Waals surface area (Å²) < 4.78 is 1.28. The Morgan fingerprint density at radius 3 is 2.06 bits per heavy atom. The van der Waals surface area contributed by atoms with Crippen LogP contribution in [-0.2, 0) is 0 Å². The molecule has 0 saturated carbocycles. The van der Waals surface area contributed by atoms with Gasteiger partial charge in [-0.2, -0.15) is 9.46 Å². The number of hydrogen-bond donors (Lipinski definition) is 1. The molecule has 0 spiro atoms. The molecule has 2 rings (SSSR count). The van der Waals surface area contributed by atoms with E-state index in [0.717, 1.165) is 17.3 Å². The van der Waals surface area contributed by atoms with E-state index in [2.05, 4.69) is 5.16 Å². The van der Waals surface area contributed by atoms with E-state index in [0.29, 0.717) is 15.0 Å². The molecule has 0 unspecified atom stereocenters. The first-order valence-corrected chi connectivity index (χ1v) is 5.41. The van der Waals surface area contributed by atoms with Gasteiger partial charge >= 0.3 is 5.69 Å². The highest BCUT2D eigenvalue weighted by molar-refractivity contribution is 5.78. The third kappa shape index (κ3) is 1.62. The predicted octanol–water partition coefficient (Wildman–Crippen LogP) is 0.840. The van der Waals surface area contributed by atoms with E-state index in [1.807, 2.05) is 13.8 Å². The average molecular weight is 247 g/mol. The van der Waals surface area contributed by atoms with Crippen molar-refractivity contribution in [2.45, 2.75) is 20.8 Å². The van der Waals surface area contributed by atoms with Crippen molar-refractivity contribution in [2.75, 3.05) is 0 Å². The third-order valence-corrected chi connectivity index (χ3v) is 3.10. The Morgan fingerprint density at radius 2 is 1.56 bits per heavy atom. The molecular weight excluding hydrogens is 234 g/mol. The summed E-state index contributed by atoms with van der Waals surface area (Å²) >= 11 is 0. The third-order valence-electron chi connectivity index (χ3n) is 3.10. The predicted molar refractivity (Wildman–Crippen MR) is 65.5 cm³/mol. The van der Waals surface area contributed by atoms with Crippen molar-refractivity contribution in [1.82, 2.24) is 0 Å². The molecule has 0 aliphatic heterocycles. The van der Waals surface area contributed by atoms with Gasteiger partial charge in [0.15, 0.2) is 0 Å². The fourth-order valence-electron chi connectivity index (χ4n) is 1.87. The first-order valence-electron chi connectivity index (χ1n) is 5.41. The monoisotopic (exact) mass is 247 g/mol. The van der Waals surface area contributed by atoms with Gasteiger partial charge in [0.2, 0.25) is 0 Å². The van der Waals surface area contributed by atoms with Crippen LogP contribution >= 0.6 is 0 Å². The van der Waals surface area contributed by atoms with Gasteiger partial charge in [-0.1, -0.05) is 5.16 Å². The number of aryl methyl sites for hydroxylation is 2. The highest BCUT2D eigenvalue weighted by atomic mass is 16.5. The molecule has 0 saturated heterocycles. The van der Waals surface area contributed by atoms with Gasteiger partial charge in [0.25, 0.3) is 16.7 Å². The fourth-order valence-corrected chi connectivity index (χ4v) is 1.87.